The molecule has 0 spiro atoms. The van der Waals surface area contributed by atoms with Gasteiger partial charge in [-0.3, -0.25) is 14.5 Å². The maximum atomic E-state index is 12.6. The van der Waals surface area contributed by atoms with Crippen LogP contribution in [0.15, 0.2) is 18.2 Å². The van der Waals surface area contributed by atoms with Gasteiger partial charge >= 0.3 is 6.03 Å². The molecule has 4 amide bonds. The van der Waals surface area contributed by atoms with Gasteiger partial charge in [-0.05, 0) is 30.5 Å². The molecule has 0 radical (unpaired) electrons. The van der Waals surface area contributed by atoms with E-state index in [2.05, 4.69) is 5.32 Å². The Bertz CT molecular complexity index is 697. The molecule has 0 atom stereocenters. The lowest BCUT2D eigenvalue weighted by Gasteiger charge is -2.35. The molecule has 1 N–H and O–H groups in total. The first-order valence-corrected chi connectivity index (χ1v) is 8.62. The number of methoxy groups -OCH3 is 2. The van der Waals surface area contributed by atoms with E-state index in [0.717, 1.165) is 5.56 Å². The van der Waals surface area contributed by atoms with Gasteiger partial charge in [0.25, 0.3) is 0 Å². The summed E-state index contributed by atoms with van der Waals surface area (Å²) in [5, 5.41) is 2.54. The second kappa shape index (κ2) is 7.63. The number of piperidine rings is 1. The van der Waals surface area contributed by atoms with Crippen LogP contribution in [0.25, 0.3) is 0 Å². The number of benzene rings is 1. The number of ether oxygens (including phenoxy) is 2. The van der Waals surface area contributed by atoms with Crippen LogP contribution in [0.4, 0.5) is 4.79 Å². The monoisotopic (exact) mass is 361 g/mol. The molecular weight excluding hydrogens is 338 g/mol. The van der Waals surface area contributed by atoms with Crippen LogP contribution in [0.1, 0.15) is 18.4 Å². The topological polar surface area (TPSA) is 88.2 Å². The predicted molar refractivity (Wildman–Crippen MR) is 93.1 cm³/mol. The van der Waals surface area contributed by atoms with E-state index in [4.69, 9.17) is 9.47 Å². The Balaban J connectivity index is 1.57. The molecule has 8 nitrogen and oxygen atoms in total. The van der Waals surface area contributed by atoms with Gasteiger partial charge in [0.2, 0.25) is 11.8 Å². The zero-order valence-electron chi connectivity index (χ0n) is 15.0. The second-order valence-electron chi connectivity index (χ2n) is 6.40. The first-order valence-electron chi connectivity index (χ1n) is 8.62. The summed E-state index contributed by atoms with van der Waals surface area (Å²) < 4.78 is 10.5. The quantitative estimate of drug-likeness (QED) is 0.784. The van der Waals surface area contributed by atoms with Crippen molar-refractivity contribution in [3.63, 3.8) is 0 Å². The molecule has 2 fully saturated rings. The highest BCUT2D eigenvalue weighted by molar-refractivity contribution is 6.02. The third kappa shape index (κ3) is 3.58. The number of carbonyl (C=O) groups is 3. The fourth-order valence-electron chi connectivity index (χ4n) is 3.45. The van der Waals surface area contributed by atoms with Gasteiger partial charge in [-0.2, -0.15) is 0 Å². The number of amides is 4. The van der Waals surface area contributed by atoms with Crippen molar-refractivity contribution in [2.75, 3.05) is 33.9 Å². The molecule has 0 saturated carbocycles. The Morgan fingerprint density at radius 2 is 1.85 bits per heavy atom. The zero-order chi connectivity index (χ0) is 18.7. The molecule has 26 heavy (non-hydrogen) atoms. The first kappa shape index (κ1) is 18.0. The number of hydrogen-bond donors (Lipinski definition) is 1. The van der Waals surface area contributed by atoms with Crippen molar-refractivity contribution in [1.82, 2.24) is 15.1 Å². The highest BCUT2D eigenvalue weighted by Gasteiger charge is 2.37. The summed E-state index contributed by atoms with van der Waals surface area (Å²) >= 11 is 0. The average Bonchev–Trinajstić information content (AvgIpc) is 3.00. The van der Waals surface area contributed by atoms with Crippen molar-refractivity contribution in [2.24, 2.45) is 0 Å². The van der Waals surface area contributed by atoms with Gasteiger partial charge < -0.3 is 19.7 Å². The van der Waals surface area contributed by atoms with Gasteiger partial charge in [-0.15, -0.1) is 0 Å². The van der Waals surface area contributed by atoms with Crippen LogP contribution in [-0.4, -0.2) is 67.5 Å². The lowest BCUT2D eigenvalue weighted by molar-refractivity contribution is -0.132. The third-order valence-corrected chi connectivity index (χ3v) is 4.86. The van der Waals surface area contributed by atoms with Crippen LogP contribution in [0.5, 0.6) is 11.5 Å². The van der Waals surface area contributed by atoms with Crippen molar-refractivity contribution in [3.05, 3.63) is 23.8 Å². The molecule has 2 heterocycles. The number of likely N-dealkylation sites (tertiary alicyclic amines) is 1. The summed E-state index contributed by atoms with van der Waals surface area (Å²) in [6.07, 6.45) is 1.49. The predicted octanol–water partition coefficient (Wildman–Crippen LogP) is 0.789. The lowest BCUT2D eigenvalue weighted by atomic mass is 10.0. The zero-order valence-corrected chi connectivity index (χ0v) is 15.0. The molecule has 0 bridgehead atoms. The molecule has 0 aromatic heterocycles. The average molecular weight is 361 g/mol. The van der Waals surface area contributed by atoms with Gasteiger partial charge in [-0.1, -0.05) is 6.07 Å². The summed E-state index contributed by atoms with van der Waals surface area (Å²) in [6.45, 7) is 1.14. The molecule has 3 rings (SSSR count). The molecule has 8 heteroatoms. The highest BCUT2D eigenvalue weighted by atomic mass is 16.5. The second-order valence-corrected chi connectivity index (χ2v) is 6.40. The Morgan fingerprint density at radius 3 is 2.42 bits per heavy atom. The van der Waals surface area contributed by atoms with E-state index < -0.39 is 0 Å². The number of carbonyl (C=O) groups excluding carboxylic acids is 3. The van der Waals surface area contributed by atoms with Crippen LogP contribution in [0.3, 0.4) is 0 Å². The van der Waals surface area contributed by atoms with E-state index in [0.29, 0.717) is 37.4 Å². The largest absolute Gasteiger partial charge is 0.493 e. The van der Waals surface area contributed by atoms with E-state index in [1.54, 1.807) is 31.3 Å². The van der Waals surface area contributed by atoms with E-state index in [-0.39, 0.29) is 36.9 Å². The molecule has 1 aromatic rings. The summed E-state index contributed by atoms with van der Waals surface area (Å²) in [7, 11) is 3.13. The fourth-order valence-corrected chi connectivity index (χ4v) is 3.45. The Kier molecular flexibility index (Phi) is 5.29. The summed E-state index contributed by atoms with van der Waals surface area (Å²) in [4.78, 5) is 39.2. The van der Waals surface area contributed by atoms with E-state index >= 15 is 0 Å². The van der Waals surface area contributed by atoms with Crippen molar-refractivity contribution in [3.8, 4) is 11.5 Å². The van der Waals surface area contributed by atoms with Gasteiger partial charge in [0.05, 0.1) is 27.2 Å². The maximum absolute atomic E-state index is 12.6. The van der Waals surface area contributed by atoms with Crippen LogP contribution >= 0.6 is 0 Å². The third-order valence-electron chi connectivity index (χ3n) is 4.86. The van der Waals surface area contributed by atoms with Crippen LogP contribution in [0, 0.1) is 0 Å². The lowest BCUT2D eigenvalue weighted by Crippen LogP contribution is -2.49. The molecule has 1 aromatic carbocycles. The number of nitrogens with zero attached hydrogens (tertiary/aromatic N) is 2. The highest BCUT2D eigenvalue weighted by Crippen LogP contribution is 2.28. The van der Waals surface area contributed by atoms with E-state index in [1.165, 1.54) is 4.90 Å². The number of hydrogen-bond acceptors (Lipinski definition) is 5. The number of rotatable bonds is 5. The Morgan fingerprint density at radius 1 is 1.15 bits per heavy atom. The first-order chi connectivity index (χ1) is 12.5. The number of imide groups is 1. The molecule has 140 valence electrons. The molecule has 2 saturated heterocycles. The molecular formula is C18H23N3O5. The van der Waals surface area contributed by atoms with Gasteiger partial charge in [0, 0.05) is 19.1 Å². The van der Waals surface area contributed by atoms with Crippen molar-refractivity contribution in [2.45, 2.75) is 25.3 Å². The summed E-state index contributed by atoms with van der Waals surface area (Å²) in [5.41, 5.74) is 0.851. The minimum absolute atomic E-state index is 0.0212. The number of urea groups is 1. The number of nitrogens with one attached hydrogen (secondary N) is 1. The van der Waals surface area contributed by atoms with Crippen molar-refractivity contribution in [1.29, 1.82) is 0 Å². The van der Waals surface area contributed by atoms with Gasteiger partial charge in [0.15, 0.2) is 11.5 Å². The minimum Gasteiger partial charge on any atom is -0.493 e. The van der Waals surface area contributed by atoms with E-state index in [1.807, 2.05) is 6.07 Å². The molecule has 0 unspecified atom stereocenters. The van der Waals surface area contributed by atoms with Crippen LogP contribution in [0.2, 0.25) is 0 Å². The molecule has 2 aliphatic rings. The minimum atomic E-state index is -0.329. The maximum Gasteiger partial charge on any atom is 0.324 e. The molecule has 2 aliphatic heterocycles. The Labute approximate surface area is 152 Å². The van der Waals surface area contributed by atoms with Crippen LogP contribution < -0.4 is 14.8 Å². The normalized spacial score (nSPS) is 18.1. The fraction of sp³-hybridized carbons (Fsp3) is 0.500. The summed E-state index contributed by atoms with van der Waals surface area (Å²) in [5.74, 6) is 1.05. The summed E-state index contributed by atoms with van der Waals surface area (Å²) in [6, 6.07) is 4.97. The SMILES string of the molecule is COc1ccc(CC(=O)N2CCC(N3C(=O)CNC3=O)CC2)cc1OC. The smallest absolute Gasteiger partial charge is 0.324 e. The van der Waals surface area contributed by atoms with Crippen LogP contribution in [-0.2, 0) is 16.0 Å². The Hall–Kier alpha value is -2.77. The van der Waals surface area contributed by atoms with Gasteiger partial charge in [0.1, 0.15) is 0 Å². The molecule has 0 aliphatic carbocycles. The van der Waals surface area contributed by atoms with Crippen molar-refractivity contribution >= 4 is 17.8 Å². The standard InChI is InChI=1S/C18H23N3O5/c1-25-14-4-3-12(9-15(14)26-2)10-16(22)20-7-5-13(6-8-20)21-17(23)11-19-18(21)24/h3-4,9,13H,5-8,10-11H2,1-2H3,(H,19,24). The van der Waals surface area contributed by atoms with Crippen molar-refractivity contribution < 1.29 is 23.9 Å². The van der Waals surface area contributed by atoms with Gasteiger partial charge in [-0.25, -0.2) is 4.79 Å². The van der Waals surface area contributed by atoms with E-state index in [9.17, 15) is 14.4 Å².